The Morgan fingerprint density at radius 3 is 2.86 bits per heavy atom. The SMILES string of the molecule is CN1CCC(N(C)CC2CCNC2)C1. The summed E-state index contributed by atoms with van der Waals surface area (Å²) in [6, 6.07) is 0.806. The predicted octanol–water partition coefficient (Wildman–Crippen LogP) is 0.232. The standard InChI is InChI=1S/C11H23N3/c1-13-6-4-11(9-13)14(2)8-10-3-5-12-7-10/h10-12H,3-9H2,1-2H3. The summed E-state index contributed by atoms with van der Waals surface area (Å²) in [5, 5.41) is 3.44. The highest BCUT2D eigenvalue weighted by Crippen LogP contribution is 2.16. The number of nitrogens with zero attached hydrogens (tertiary/aromatic N) is 2. The molecule has 0 aromatic heterocycles. The normalized spacial score (nSPS) is 34.5. The fraction of sp³-hybridized carbons (Fsp3) is 1.00. The van der Waals surface area contributed by atoms with Crippen LogP contribution in [0, 0.1) is 5.92 Å². The molecule has 2 aliphatic rings. The van der Waals surface area contributed by atoms with E-state index in [0.29, 0.717) is 0 Å². The Kier molecular flexibility index (Phi) is 3.42. The summed E-state index contributed by atoms with van der Waals surface area (Å²) in [6.45, 7) is 6.27. The molecule has 0 radical (unpaired) electrons. The molecule has 2 heterocycles. The van der Waals surface area contributed by atoms with Crippen LogP contribution >= 0.6 is 0 Å². The fourth-order valence-corrected chi connectivity index (χ4v) is 2.70. The van der Waals surface area contributed by atoms with E-state index >= 15 is 0 Å². The minimum atomic E-state index is 0.806. The van der Waals surface area contributed by atoms with Crippen molar-refractivity contribution in [2.75, 3.05) is 46.8 Å². The first kappa shape index (κ1) is 10.4. The fourth-order valence-electron chi connectivity index (χ4n) is 2.70. The van der Waals surface area contributed by atoms with Crippen molar-refractivity contribution in [2.45, 2.75) is 18.9 Å². The molecule has 82 valence electrons. The zero-order chi connectivity index (χ0) is 9.97. The van der Waals surface area contributed by atoms with Gasteiger partial charge in [0.25, 0.3) is 0 Å². The van der Waals surface area contributed by atoms with Crippen LogP contribution in [0.4, 0.5) is 0 Å². The Labute approximate surface area is 87.4 Å². The Balaban J connectivity index is 1.74. The molecule has 2 aliphatic heterocycles. The van der Waals surface area contributed by atoms with Gasteiger partial charge in [0.1, 0.15) is 0 Å². The maximum atomic E-state index is 3.44. The van der Waals surface area contributed by atoms with Gasteiger partial charge in [-0.15, -0.1) is 0 Å². The molecule has 2 fully saturated rings. The van der Waals surface area contributed by atoms with Crippen molar-refractivity contribution < 1.29 is 0 Å². The molecule has 2 rings (SSSR count). The second-order valence-corrected chi connectivity index (χ2v) is 5.00. The van der Waals surface area contributed by atoms with Crippen LogP contribution in [0.1, 0.15) is 12.8 Å². The van der Waals surface area contributed by atoms with Gasteiger partial charge in [-0.2, -0.15) is 0 Å². The zero-order valence-electron chi connectivity index (χ0n) is 9.50. The van der Waals surface area contributed by atoms with Crippen molar-refractivity contribution >= 4 is 0 Å². The molecule has 0 aliphatic carbocycles. The van der Waals surface area contributed by atoms with Crippen LogP contribution in [0.15, 0.2) is 0 Å². The molecule has 0 saturated carbocycles. The third-order valence-corrected chi connectivity index (χ3v) is 3.70. The minimum Gasteiger partial charge on any atom is -0.316 e. The van der Waals surface area contributed by atoms with Gasteiger partial charge in [-0.1, -0.05) is 0 Å². The number of hydrogen-bond donors (Lipinski definition) is 1. The summed E-state index contributed by atoms with van der Waals surface area (Å²) in [5.41, 5.74) is 0. The number of likely N-dealkylation sites (N-methyl/N-ethyl adjacent to an activating group) is 2. The summed E-state index contributed by atoms with van der Waals surface area (Å²) in [5.74, 6) is 0.894. The van der Waals surface area contributed by atoms with Gasteiger partial charge in [-0.3, -0.25) is 0 Å². The second-order valence-electron chi connectivity index (χ2n) is 5.00. The smallest absolute Gasteiger partial charge is 0.0232 e. The number of rotatable bonds is 3. The first-order chi connectivity index (χ1) is 6.75. The monoisotopic (exact) mass is 197 g/mol. The topological polar surface area (TPSA) is 18.5 Å². The Bertz CT molecular complexity index is 177. The maximum Gasteiger partial charge on any atom is 0.0232 e. The lowest BCUT2D eigenvalue weighted by molar-refractivity contribution is 0.212. The lowest BCUT2D eigenvalue weighted by Crippen LogP contribution is -2.37. The molecule has 3 heteroatoms. The summed E-state index contributed by atoms with van der Waals surface area (Å²) < 4.78 is 0. The quantitative estimate of drug-likeness (QED) is 0.699. The predicted molar refractivity (Wildman–Crippen MR) is 59.5 cm³/mol. The molecule has 2 unspecified atom stereocenters. The van der Waals surface area contributed by atoms with E-state index < -0.39 is 0 Å². The van der Waals surface area contributed by atoms with Crippen LogP contribution in [-0.2, 0) is 0 Å². The first-order valence-electron chi connectivity index (χ1n) is 5.85. The number of likely N-dealkylation sites (tertiary alicyclic amines) is 1. The average Bonchev–Trinajstić information content (AvgIpc) is 2.75. The van der Waals surface area contributed by atoms with Gasteiger partial charge in [-0.05, 0) is 52.5 Å². The number of hydrogen-bond acceptors (Lipinski definition) is 3. The molecular formula is C11H23N3. The van der Waals surface area contributed by atoms with Crippen LogP contribution in [0.2, 0.25) is 0 Å². The zero-order valence-corrected chi connectivity index (χ0v) is 9.50. The third-order valence-electron chi connectivity index (χ3n) is 3.70. The van der Waals surface area contributed by atoms with Gasteiger partial charge >= 0.3 is 0 Å². The minimum absolute atomic E-state index is 0.806. The van der Waals surface area contributed by atoms with Gasteiger partial charge in [0.2, 0.25) is 0 Å². The lowest BCUT2D eigenvalue weighted by Gasteiger charge is -2.26. The van der Waals surface area contributed by atoms with Crippen LogP contribution in [0.25, 0.3) is 0 Å². The molecule has 0 bridgehead atoms. The van der Waals surface area contributed by atoms with Gasteiger partial charge in [0, 0.05) is 19.1 Å². The molecule has 0 spiro atoms. The van der Waals surface area contributed by atoms with Gasteiger partial charge in [-0.25, -0.2) is 0 Å². The van der Waals surface area contributed by atoms with E-state index in [-0.39, 0.29) is 0 Å². The molecular weight excluding hydrogens is 174 g/mol. The van der Waals surface area contributed by atoms with Crippen molar-refractivity contribution in [2.24, 2.45) is 5.92 Å². The van der Waals surface area contributed by atoms with Gasteiger partial charge in [0.05, 0.1) is 0 Å². The van der Waals surface area contributed by atoms with E-state index in [1.54, 1.807) is 0 Å². The molecule has 1 N–H and O–H groups in total. The van der Waals surface area contributed by atoms with Crippen molar-refractivity contribution in [3.8, 4) is 0 Å². The summed E-state index contributed by atoms with van der Waals surface area (Å²) in [7, 11) is 4.52. The van der Waals surface area contributed by atoms with Gasteiger partial charge < -0.3 is 15.1 Å². The molecule has 14 heavy (non-hydrogen) atoms. The summed E-state index contributed by atoms with van der Waals surface area (Å²) >= 11 is 0. The van der Waals surface area contributed by atoms with E-state index in [9.17, 15) is 0 Å². The van der Waals surface area contributed by atoms with E-state index in [2.05, 4.69) is 29.2 Å². The number of nitrogens with one attached hydrogen (secondary N) is 1. The van der Waals surface area contributed by atoms with Crippen molar-refractivity contribution in [3.05, 3.63) is 0 Å². The Hall–Kier alpha value is -0.120. The maximum absolute atomic E-state index is 3.44. The molecule has 0 aromatic carbocycles. The Morgan fingerprint density at radius 2 is 2.29 bits per heavy atom. The van der Waals surface area contributed by atoms with E-state index in [0.717, 1.165) is 12.0 Å². The van der Waals surface area contributed by atoms with Crippen LogP contribution in [-0.4, -0.2) is 62.7 Å². The summed E-state index contributed by atoms with van der Waals surface area (Å²) in [6.07, 6.45) is 2.72. The lowest BCUT2D eigenvalue weighted by atomic mass is 10.1. The van der Waals surface area contributed by atoms with E-state index in [1.165, 1.54) is 45.6 Å². The Morgan fingerprint density at radius 1 is 1.43 bits per heavy atom. The molecule has 2 atom stereocenters. The second kappa shape index (κ2) is 4.60. The highest BCUT2D eigenvalue weighted by molar-refractivity contribution is 4.82. The average molecular weight is 197 g/mol. The van der Waals surface area contributed by atoms with Crippen molar-refractivity contribution in [1.29, 1.82) is 0 Å². The highest BCUT2D eigenvalue weighted by atomic mass is 15.2. The van der Waals surface area contributed by atoms with E-state index in [4.69, 9.17) is 0 Å². The first-order valence-corrected chi connectivity index (χ1v) is 5.85. The van der Waals surface area contributed by atoms with E-state index in [1.807, 2.05) is 0 Å². The van der Waals surface area contributed by atoms with Crippen molar-refractivity contribution in [1.82, 2.24) is 15.1 Å². The van der Waals surface area contributed by atoms with Crippen LogP contribution in [0.3, 0.4) is 0 Å². The largest absolute Gasteiger partial charge is 0.316 e. The molecule has 0 aromatic rings. The van der Waals surface area contributed by atoms with Crippen LogP contribution < -0.4 is 5.32 Å². The van der Waals surface area contributed by atoms with Crippen molar-refractivity contribution in [3.63, 3.8) is 0 Å². The summed E-state index contributed by atoms with van der Waals surface area (Å²) in [4.78, 5) is 5.01. The third kappa shape index (κ3) is 2.47. The molecule has 0 amide bonds. The van der Waals surface area contributed by atoms with Crippen LogP contribution in [0.5, 0.6) is 0 Å². The molecule has 2 saturated heterocycles. The molecule has 3 nitrogen and oxygen atoms in total. The van der Waals surface area contributed by atoms with Gasteiger partial charge in [0.15, 0.2) is 0 Å². The highest BCUT2D eigenvalue weighted by Gasteiger charge is 2.25.